The molecule has 3 aliphatic carbocycles. The van der Waals surface area contributed by atoms with Crippen LogP contribution in [0.4, 0.5) is 0 Å². The van der Waals surface area contributed by atoms with E-state index >= 15 is 0 Å². The summed E-state index contributed by atoms with van der Waals surface area (Å²) in [6.07, 6.45) is 7.46. The van der Waals surface area contributed by atoms with Gasteiger partial charge in [0.05, 0.1) is 18.6 Å². The zero-order chi connectivity index (χ0) is 22.9. The molecule has 0 saturated heterocycles. The number of benzene rings is 1. The van der Waals surface area contributed by atoms with Gasteiger partial charge in [0.1, 0.15) is 18.0 Å². The van der Waals surface area contributed by atoms with Crippen molar-refractivity contribution in [3.8, 4) is 5.75 Å². The summed E-state index contributed by atoms with van der Waals surface area (Å²) in [5, 5.41) is 23.4. The van der Waals surface area contributed by atoms with E-state index in [9.17, 15) is 19.8 Å². The first-order valence-corrected chi connectivity index (χ1v) is 12.4. The number of carbonyl (C=O) groups excluding carboxylic acids is 2. The fourth-order valence-corrected chi connectivity index (χ4v) is 5.74. The van der Waals surface area contributed by atoms with Crippen molar-refractivity contribution < 1.29 is 24.5 Å². The van der Waals surface area contributed by atoms with Crippen molar-refractivity contribution in [1.29, 1.82) is 0 Å². The van der Waals surface area contributed by atoms with E-state index in [0.717, 1.165) is 31.2 Å². The molecule has 4 atom stereocenters. The fraction of sp³-hybridized carbons (Fsp3) is 0.615. The Morgan fingerprint density at radius 2 is 1.85 bits per heavy atom. The average Bonchev–Trinajstić information content (AvgIpc) is 3.33. The molecule has 0 aromatic heterocycles. The van der Waals surface area contributed by atoms with Gasteiger partial charge in [-0.15, -0.1) is 0 Å². The van der Waals surface area contributed by atoms with Crippen molar-refractivity contribution in [1.82, 2.24) is 10.2 Å². The summed E-state index contributed by atoms with van der Waals surface area (Å²) in [7, 11) is 0. The number of rotatable bonds is 8. The molecule has 2 amide bonds. The van der Waals surface area contributed by atoms with Crippen LogP contribution in [0.25, 0.3) is 0 Å². The largest absolute Gasteiger partial charge is 0.486 e. The van der Waals surface area contributed by atoms with Gasteiger partial charge in [-0.3, -0.25) is 9.59 Å². The van der Waals surface area contributed by atoms with E-state index in [0.29, 0.717) is 36.1 Å². The molecule has 1 heterocycles. The summed E-state index contributed by atoms with van der Waals surface area (Å²) in [6.45, 7) is 0.606. The summed E-state index contributed by atoms with van der Waals surface area (Å²) in [6, 6.07) is 6.94. The van der Waals surface area contributed by atoms with E-state index in [1.165, 1.54) is 12.8 Å². The number of nitrogens with one attached hydrogen (secondary N) is 1. The van der Waals surface area contributed by atoms with Crippen LogP contribution in [0.2, 0.25) is 0 Å². The summed E-state index contributed by atoms with van der Waals surface area (Å²) >= 11 is 0. The van der Waals surface area contributed by atoms with E-state index < -0.39 is 24.2 Å². The molecule has 2 saturated carbocycles. The van der Waals surface area contributed by atoms with Gasteiger partial charge in [-0.1, -0.05) is 31.0 Å². The minimum absolute atomic E-state index is 0.0678. The molecule has 7 heteroatoms. The van der Waals surface area contributed by atoms with E-state index in [2.05, 4.69) is 5.32 Å². The van der Waals surface area contributed by atoms with Crippen LogP contribution in [0.5, 0.6) is 5.75 Å². The summed E-state index contributed by atoms with van der Waals surface area (Å²) < 4.78 is 6.16. The molecule has 5 rings (SSSR count). The topological polar surface area (TPSA) is 99.1 Å². The molecule has 4 aliphatic rings. The Kier molecular flexibility index (Phi) is 6.43. The number of aliphatic hydroxyl groups excluding tert-OH is 2. The molecule has 0 bridgehead atoms. The van der Waals surface area contributed by atoms with Crippen molar-refractivity contribution in [2.75, 3.05) is 19.7 Å². The lowest BCUT2D eigenvalue weighted by molar-refractivity contribution is -0.138. The lowest BCUT2D eigenvalue weighted by atomic mass is 9.77. The zero-order valence-corrected chi connectivity index (χ0v) is 19.0. The highest BCUT2D eigenvalue weighted by Crippen LogP contribution is 2.47. The van der Waals surface area contributed by atoms with Gasteiger partial charge in [0.2, 0.25) is 11.8 Å². The molecule has 2 fully saturated rings. The molecule has 3 N–H and O–H groups in total. The number of fused-ring (bicyclic) bond motifs is 3. The third-order valence-electron chi connectivity index (χ3n) is 7.65. The molecule has 4 unspecified atom stereocenters. The standard InChI is InChI=1S/C26H34N2O5/c29-12-11-27-26(32)19-14-20(24(31)25-23(19)18-7-3-4-8-21(18)33-25)28(15-17-9-10-17)22(30)13-16-5-1-2-6-16/h3-4,7-8,14,16-17,20,23-25,29,31H,1-2,5-6,9-13,15H2,(H,27,32). The summed E-state index contributed by atoms with van der Waals surface area (Å²) in [4.78, 5) is 28.4. The molecule has 178 valence electrons. The minimum Gasteiger partial charge on any atom is -0.486 e. The van der Waals surface area contributed by atoms with Crippen LogP contribution in [-0.2, 0) is 9.59 Å². The van der Waals surface area contributed by atoms with Crippen LogP contribution < -0.4 is 10.1 Å². The van der Waals surface area contributed by atoms with Gasteiger partial charge in [-0.25, -0.2) is 0 Å². The quantitative estimate of drug-likeness (QED) is 0.559. The number of nitrogens with zero attached hydrogens (tertiary/aromatic N) is 1. The van der Waals surface area contributed by atoms with Crippen LogP contribution in [0.15, 0.2) is 35.9 Å². The third-order valence-corrected chi connectivity index (χ3v) is 7.65. The maximum Gasteiger partial charge on any atom is 0.247 e. The monoisotopic (exact) mass is 454 g/mol. The van der Waals surface area contributed by atoms with Gasteiger partial charge in [0.15, 0.2) is 0 Å². The molecule has 1 aliphatic heterocycles. The van der Waals surface area contributed by atoms with Crippen molar-refractivity contribution in [2.24, 2.45) is 11.8 Å². The first-order chi connectivity index (χ1) is 16.1. The van der Waals surface area contributed by atoms with Crippen molar-refractivity contribution in [3.05, 3.63) is 41.5 Å². The van der Waals surface area contributed by atoms with Crippen LogP contribution in [-0.4, -0.2) is 64.9 Å². The maximum absolute atomic E-state index is 13.5. The summed E-state index contributed by atoms with van der Waals surface area (Å²) in [5.74, 6) is 0.919. The number of hydrogen-bond acceptors (Lipinski definition) is 5. The first kappa shape index (κ1) is 22.4. The van der Waals surface area contributed by atoms with Crippen LogP contribution in [0.1, 0.15) is 56.4 Å². The lowest BCUT2D eigenvalue weighted by Crippen LogP contribution is -2.56. The Bertz CT molecular complexity index is 921. The van der Waals surface area contributed by atoms with E-state index in [4.69, 9.17) is 4.74 Å². The summed E-state index contributed by atoms with van der Waals surface area (Å²) in [5.41, 5.74) is 1.37. The second-order valence-corrected chi connectivity index (χ2v) is 10.0. The maximum atomic E-state index is 13.5. The number of aliphatic hydroxyl groups is 2. The Morgan fingerprint density at radius 3 is 2.58 bits per heavy atom. The highest BCUT2D eigenvalue weighted by molar-refractivity contribution is 5.96. The lowest BCUT2D eigenvalue weighted by Gasteiger charge is -2.41. The van der Waals surface area contributed by atoms with Crippen molar-refractivity contribution in [3.63, 3.8) is 0 Å². The van der Waals surface area contributed by atoms with Gasteiger partial charge in [-0.2, -0.15) is 0 Å². The van der Waals surface area contributed by atoms with Crippen molar-refractivity contribution >= 4 is 11.8 Å². The number of ether oxygens (including phenoxy) is 1. The molecule has 0 spiro atoms. The highest BCUT2D eigenvalue weighted by Gasteiger charge is 2.50. The predicted octanol–water partition coefficient (Wildman–Crippen LogP) is 2.13. The number of hydrogen-bond donors (Lipinski definition) is 3. The predicted molar refractivity (Wildman–Crippen MR) is 123 cm³/mol. The highest BCUT2D eigenvalue weighted by atomic mass is 16.5. The Balaban J connectivity index is 1.47. The molecule has 1 aromatic rings. The molecule has 0 radical (unpaired) electrons. The second-order valence-electron chi connectivity index (χ2n) is 10.0. The van der Waals surface area contributed by atoms with Crippen molar-refractivity contribution in [2.45, 2.75) is 69.1 Å². The third kappa shape index (κ3) is 4.53. The van der Waals surface area contributed by atoms with Crippen LogP contribution in [0, 0.1) is 11.8 Å². The number of carbonyl (C=O) groups is 2. The average molecular weight is 455 g/mol. The van der Waals surface area contributed by atoms with E-state index in [1.54, 1.807) is 6.08 Å². The Labute approximate surface area is 194 Å². The minimum atomic E-state index is -0.928. The van der Waals surface area contributed by atoms with Gasteiger partial charge in [0, 0.05) is 30.6 Å². The molecule has 7 nitrogen and oxygen atoms in total. The molecule has 33 heavy (non-hydrogen) atoms. The van der Waals surface area contributed by atoms with Crippen LogP contribution in [0.3, 0.4) is 0 Å². The smallest absolute Gasteiger partial charge is 0.247 e. The van der Waals surface area contributed by atoms with E-state index in [-0.39, 0.29) is 25.0 Å². The molecular formula is C26H34N2O5. The number of amides is 2. The van der Waals surface area contributed by atoms with Gasteiger partial charge >= 0.3 is 0 Å². The first-order valence-electron chi connectivity index (χ1n) is 12.4. The molecule has 1 aromatic carbocycles. The van der Waals surface area contributed by atoms with Gasteiger partial charge < -0.3 is 25.2 Å². The fourth-order valence-electron chi connectivity index (χ4n) is 5.74. The SMILES string of the molecule is O=C(NCCO)C1=CC(N(CC2CC2)C(=O)CC2CCCC2)C(O)C2Oc3ccccc3C12. The molecular weight excluding hydrogens is 420 g/mol. The van der Waals surface area contributed by atoms with Gasteiger partial charge in [-0.05, 0) is 49.7 Å². The van der Waals surface area contributed by atoms with Gasteiger partial charge in [0.25, 0.3) is 0 Å². The Hall–Kier alpha value is -2.38. The van der Waals surface area contributed by atoms with E-state index in [1.807, 2.05) is 29.2 Å². The normalized spacial score (nSPS) is 28.5. The van der Waals surface area contributed by atoms with Crippen LogP contribution >= 0.6 is 0 Å². The Morgan fingerprint density at radius 1 is 1.09 bits per heavy atom. The number of para-hydroxylation sites is 1. The second kappa shape index (κ2) is 9.47. The zero-order valence-electron chi connectivity index (χ0n) is 19.0.